The second-order valence-corrected chi connectivity index (χ2v) is 3.19. The minimum atomic E-state index is -0.234. The van der Waals surface area contributed by atoms with Crippen molar-refractivity contribution in [1.82, 2.24) is 0 Å². The van der Waals surface area contributed by atoms with Gasteiger partial charge in [0.25, 0.3) is 0 Å². The van der Waals surface area contributed by atoms with Gasteiger partial charge in [0.1, 0.15) is 11.8 Å². The molecule has 0 radical (unpaired) electrons. The number of aromatic hydroxyl groups is 1. The summed E-state index contributed by atoms with van der Waals surface area (Å²) in [6, 6.07) is 4.26. The van der Waals surface area contributed by atoms with Crippen LogP contribution in [0.4, 0.5) is 5.69 Å². The number of benzene rings is 1. The Labute approximate surface area is 89.1 Å². The number of anilines is 1. The third-order valence-electron chi connectivity index (χ3n) is 1.71. The van der Waals surface area contributed by atoms with Crippen LogP contribution in [0.2, 0.25) is 0 Å². The van der Waals surface area contributed by atoms with Crippen LogP contribution in [-0.4, -0.2) is 16.2 Å². The van der Waals surface area contributed by atoms with Crippen molar-refractivity contribution in [3.63, 3.8) is 0 Å². The van der Waals surface area contributed by atoms with Gasteiger partial charge < -0.3 is 10.8 Å². The van der Waals surface area contributed by atoms with Gasteiger partial charge in [0.15, 0.2) is 5.78 Å². The molecule has 72 valence electrons. The molecule has 4 nitrogen and oxygen atoms in total. The molecular formula is C9H7BrN2O2. The average Bonchev–Trinajstić information content (AvgIpc) is 2.19. The summed E-state index contributed by atoms with van der Waals surface area (Å²) < 4.78 is 0. The number of phenolic OH excluding ortho intramolecular Hbond substituents is 1. The first kappa shape index (κ1) is 10.5. The van der Waals surface area contributed by atoms with Crippen LogP contribution in [0.1, 0.15) is 15.9 Å². The number of nitrogen functional groups attached to an aromatic ring is 1. The molecule has 0 heterocycles. The van der Waals surface area contributed by atoms with Gasteiger partial charge in [-0.1, -0.05) is 15.9 Å². The second kappa shape index (κ2) is 4.11. The molecule has 5 heteroatoms. The maximum atomic E-state index is 11.3. The van der Waals surface area contributed by atoms with E-state index in [4.69, 9.17) is 11.0 Å². The van der Waals surface area contributed by atoms with E-state index in [2.05, 4.69) is 15.9 Å². The number of ketones is 1. The Morgan fingerprint density at radius 1 is 1.64 bits per heavy atom. The van der Waals surface area contributed by atoms with E-state index in [0.717, 1.165) is 0 Å². The SMILES string of the molecule is N#Cc1cc(N)c(C(=O)CBr)cc1O. The second-order valence-electron chi connectivity index (χ2n) is 2.63. The lowest BCUT2D eigenvalue weighted by molar-refractivity contribution is 0.102. The lowest BCUT2D eigenvalue weighted by Crippen LogP contribution is -2.05. The van der Waals surface area contributed by atoms with E-state index in [1.807, 2.05) is 0 Å². The van der Waals surface area contributed by atoms with Gasteiger partial charge in [0, 0.05) is 11.3 Å². The van der Waals surface area contributed by atoms with Crippen molar-refractivity contribution in [3.8, 4) is 11.8 Å². The molecule has 0 aliphatic carbocycles. The first-order chi connectivity index (χ1) is 6.60. The van der Waals surface area contributed by atoms with Gasteiger partial charge in [0.2, 0.25) is 0 Å². The van der Waals surface area contributed by atoms with E-state index in [1.54, 1.807) is 6.07 Å². The summed E-state index contributed by atoms with van der Waals surface area (Å²) in [4.78, 5) is 11.3. The molecule has 0 bridgehead atoms. The van der Waals surface area contributed by atoms with Crippen LogP contribution in [0.15, 0.2) is 12.1 Å². The van der Waals surface area contributed by atoms with Crippen molar-refractivity contribution < 1.29 is 9.90 Å². The predicted molar refractivity (Wildman–Crippen MR) is 55.4 cm³/mol. The van der Waals surface area contributed by atoms with Crippen LogP contribution < -0.4 is 5.73 Å². The zero-order valence-electron chi connectivity index (χ0n) is 7.12. The minimum absolute atomic E-state index is 0.0635. The summed E-state index contributed by atoms with van der Waals surface area (Å²) in [6.07, 6.45) is 0. The molecule has 14 heavy (non-hydrogen) atoms. The van der Waals surface area contributed by atoms with E-state index in [1.165, 1.54) is 12.1 Å². The van der Waals surface area contributed by atoms with Crippen LogP contribution in [-0.2, 0) is 0 Å². The molecule has 0 saturated carbocycles. The number of halogens is 1. The van der Waals surface area contributed by atoms with Gasteiger partial charge in [-0.2, -0.15) is 5.26 Å². The van der Waals surface area contributed by atoms with Gasteiger partial charge in [-0.25, -0.2) is 0 Å². The fourth-order valence-electron chi connectivity index (χ4n) is 1.01. The fourth-order valence-corrected chi connectivity index (χ4v) is 1.31. The summed E-state index contributed by atoms with van der Waals surface area (Å²) in [7, 11) is 0. The molecule has 1 aromatic carbocycles. The van der Waals surface area contributed by atoms with Crippen LogP contribution in [0.25, 0.3) is 0 Å². The smallest absolute Gasteiger partial charge is 0.175 e. The van der Waals surface area contributed by atoms with Gasteiger partial charge >= 0.3 is 0 Å². The highest BCUT2D eigenvalue weighted by atomic mass is 79.9. The van der Waals surface area contributed by atoms with Crippen molar-refractivity contribution in [3.05, 3.63) is 23.3 Å². The molecule has 0 aromatic heterocycles. The largest absolute Gasteiger partial charge is 0.507 e. The standard InChI is InChI=1S/C9H7BrN2O2/c10-3-9(14)6-2-8(13)5(4-11)1-7(6)12/h1-2,13H,3,12H2. The highest BCUT2D eigenvalue weighted by molar-refractivity contribution is 9.09. The van der Waals surface area contributed by atoms with Crippen molar-refractivity contribution in [2.45, 2.75) is 0 Å². The highest BCUT2D eigenvalue weighted by Crippen LogP contribution is 2.24. The molecule has 0 aliphatic rings. The average molecular weight is 255 g/mol. The number of rotatable bonds is 2. The zero-order valence-corrected chi connectivity index (χ0v) is 8.71. The number of phenols is 1. The first-order valence-electron chi connectivity index (χ1n) is 3.72. The molecule has 0 amide bonds. The maximum absolute atomic E-state index is 11.3. The van der Waals surface area contributed by atoms with E-state index in [0.29, 0.717) is 0 Å². The number of hydrogen-bond acceptors (Lipinski definition) is 4. The molecule has 3 N–H and O–H groups in total. The zero-order chi connectivity index (χ0) is 10.7. The molecule has 1 aromatic rings. The number of carbonyl (C=O) groups is 1. The topological polar surface area (TPSA) is 87.1 Å². The molecule has 0 fully saturated rings. The van der Waals surface area contributed by atoms with Crippen LogP contribution in [0, 0.1) is 11.3 Å². The summed E-state index contributed by atoms with van der Waals surface area (Å²) in [5.74, 6) is -0.465. The van der Waals surface area contributed by atoms with Crippen molar-refractivity contribution in [2.75, 3.05) is 11.1 Å². The Morgan fingerprint density at radius 3 is 2.79 bits per heavy atom. The lowest BCUT2D eigenvalue weighted by Gasteiger charge is -2.04. The molecule has 0 aliphatic heterocycles. The molecule has 1 rings (SSSR count). The number of hydrogen-bond donors (Lipinski definition) is 2. The van der Waals surface area contributed by atoms with Gasteiger partial charge in [0.05, 0.1) is 10.9 Å². The predicted octanol–water partition coefficient (Wildman–Crippen LogP) is 1.42. The molecule has 0 saturated heterocycles. The van der Waals surface area contributed by atoms with Crippen molar-refractivity contribution >= 4 is 27.4 Å². The minimum Gasteiger partial charge on any atom is -0.507 e. The van der Waals surface area contributed by atoms with Crippen molar-refractivity contribution in [1.29, 1.82) is 5.26 Å². The number of Topliss-reactive ketones (excluding diaryl/α,β-unsaturated/α-hetero) is 1. The quantitative estimate of drug-likeness (QED) is 0.362. The molecule has 0 unspecified atom stereocenters. The first-order valence-corrected chi connectivity index (χ1v) is 4.84. The number of nitrogens with two attached hydrogens (primary N) is 1. The summed E-state index contributed by atoms with van der Waals surface area (Å²) in [5, 5.41) is 18.0. The lowest BCUT2D eigenvalue weighted by atomic mass is 10.1. The Bertz CT molecular complexity index is 424. The van der Waals surface area contributed by atoms with Crippen LogP contribution in [0.5, 0.6) is 5.75 Å². The van der Waals surface area contributed by atoms with Gasteiger partial charge in [-0.3, -0.25) is 4.79 Å². The number of alkyl halides is 1. The Hall–Kier alpha value is -1.54. The van der Waals surface area contributed by atoms with E-state index in [9.17, 15) is 9.90 Å². The Morgan fingerprint density at radius 2 is 2.29 bits per heavy atom. The summed E-state index contributed by atoms with van der Waals surface area (Å²) in [5.41, 5.74) is 6.02. The molecule has 0 atom stereocenters. The fraction of sp³-hybridized carbons (Fsp3) is 0.111. The Balaban J connectivity index is 3.30. The van der Waals surface area contributed by atoms with Gasteiger partial charge in [-0.05, 0) is 12.1 Å². The summed E-state index contributed by atoms with van der Waals surface area (Å²) in [6.45, 7) is 0. The third-order valence-corrected chi connectivity index (χ3v) is 2.22. The monoisotopic (exact) mass is 254 g/mol. The Kier molecular flexibility index (Phi) is 3.10. The number of nitriles is 1. The third kappa shape index (κ3) is 1.86. The summed E-state index contributed by atoms with van der Waals surface area (Å²) >= 11 is 2.99. The van der Waals surface area contributed by atoms with E-state index < -0.39 is 0 Å². The van der Waals surface area contributed by atoms with Crippen LogP contribution >= 0.6 is 15.9 Å². The molecule has 0 spiro atoms. The molecular weight excluding hydrogens is 248 g/mol. The number of carbonyl (C=O) groups excluding carboxylic acids is 1. The van der Waals surface area contributed by atoms with E-state index >= 15 is 0 Å². The van der Waals surface area contributed by atoms with E-state index in [-0.39, 0.29) is 33.7 Å². The maximum Gasteiger partial charge on any atom is 0.175 e. The highest BCUT2D eigenvalue weighted by Gasteiger charge is 2.12. The van der Waals surface area contributed by atoms with Gasteiger partial charge in [-0.15, -0.1) is 0 Å². The number of nitrogens with zero attached hydrogens (tertiary/aromatic N) is 1. The van der Waals surface area contributed by atoms with Crippen LogP contribution in [0.3, 0.4) is 0 Å². The van der Waals surface area contributed by atoms with Crippen molar-refractivity contribution in [2.24, 2.45) is 0 Å². The normalized spacial score (nSPS) is 9.43.